The maximum Gasteiger partial charge on any atom is 0.255 e. The van der Waals surface area contributed by atoms with Gasteiger partial charge in [-0.05, 0) is 52.3 Å². The molecule has 2 rings (SSSR count). The number of nitrogens with one attached hydrogen (secondary N) is 1. The predicted octanol–water partition coefficient (Wildman–Crippen LogP) is 3.11. The molecule has 0 atom stereocenters. The molecule has 0 aliphatic rings. The summed E-state index contributed by atoms with van der Waals surface area (Å²) in [5.41, 5.74) is 0.920. The summed E-state index contributed by atoms with van der Waals surface area (Å²) in [6.45, 7) is 0. The number of anilines is 1. The van der Waals surface area contributed by atoms with Crippen molar-refractivity contribution in [3.8, 4) is 11.5 Å². The zero-order chi connectivity index (χ0) is 13.1. The highest BCUT2D eigenvalue weighted by Crippen LogP contribution is 2.26. The summed E-state index contributed by atoms with van der Waals surface area (Å²) >= 11 is 3.16. The van der Waals surface area contributed by atoms with Gasteiger partial charge in [-0.3, -0.25) is 4.79 Å². The topological polar surface area (TPSA) is 69.6 Å². The first kappa shape index (κ1) is 12.4. The smallest absolute Gasteiger partial charge is 0.255 e. The Bertz CT molecular complexity index is 581. The lowest BCUT2D eigenvalue weighted by Gasteiger charge is -2.06. The molecule has 0 fully saturated rings. The molecule has 0 bridgehead atoms. The lowest BCUT2D eigenvalue weighted by Crippen LogP contribution is -2.11. The van der Waals surface area contributed by atoms with Crippen LogP contribution in [0, 0.1) is 0 Å². The van der Waals surface area contributed by atoms with Crippen molar-refractivity contribution in [1.29, 1.82) is 0 Å². The minimum Gasteiger partial charge on any atom is -0.508 e. The Morgan fingerprint density at radius 3 is 2.33 bits per heavy atom. The number of hydrogen-bond donors (Lipinski definition) is 3. The summed E-state index contributed by atoms with van der Waals surface area (Å²) in [5, 5.41) is 21.3. The van der Waals surface area contributed by atoms with E-state index < -0.39 is 0 Å². The number of phenols is 2. The molecule has 0 spiro atoms. The highest BCUT2D eigenvalue weighted by atomic mass is 79.9. The Hall–Kier alpha value is -2.01. The van der Waals surface area contributed by atoms with Crippen LogP contribution in [0.4, 0.5) is 5.69 Å². The van der Waals surface area contributed by atoms with E-state index in [-0.39, 0.29) is 17.4 Å². The number of aromatic hydroxyl groups is 2. The van der Waals surface area contributed by atoms with E-state index in [1.165, 1.54) is 30.3 Å². The molecule has 2 aromatic rings. The standard InChI is InChI=1S/C13H10BrNO3/c14-11-6-3-9(7-12(11)17)15-13(18)8-1-4-10(16)5-2-8/h1-7,16-17H,(H,15,18). The van der Waals surface area contributed by atoms with Crippen LogP contribution >= 0.6 is 15.9 Å². The summed E-state index contributed by atoms with van der Waals surface area (Å²) in [6, 6.07) is 10.7. The molecule has 4 nitrogen and oxygen atoms in total. The van der Waals surface area contributed by atoms with Gasteiger partial charge in [0.25, 0.3) is 5.91 Å². The van der Waals surface area contributed by atoms with Gasteiger partial charge in [0.2, 0.25) is 0 Å². The van der Waals surface area contributed by atoms with Gasteiger partial charge in [0.15, 0.2) is 0 Å². The van der Waals surface area contributed by atoms with Crippen molar-refractivity contribution in [1.82, 2.24) is 0 Å². The monoisotopic (exact) mass is 307 g/mol. The van der Waals surface area contributed by atoms with Crippen LogP contribution < -0.4 is 5.32 Å². The second-order valence-electron chi connectivity index (χ2n) is 3.67. The fourth-order valence-corrected chi connectivity index (χ4v) is 1.65. The van der Waals surface area contributed by atoms with Crippen molar-refractivity contribution < 1.29 is 15.0 Å². The van der Waals surface area contributed by atoms with E-state index in [2.05, 4.69) is 21.2 Å². The van der Waals surface area contributed by atoms with Crippen LogP contribution in [0.3, 0.4) is 0 Å². The van der Waals surface area contributed by atoms with E-state index in [9.17, 15) is 9.90 Å². The summed E-state index contributed by atoms with van der Waals surface area (Å²) in [4.78, 5) is 11.8. The van der Waals surface area contributed by atoms with Crippen LogP contribution in [0.2, 0.25) is 0 Å². The van der Waals surface area contributed by atoms with Gasteiger partial charge >= 0.3 is 0 Å². The van der Waals surface area contributed by atoms with Gasteiger partial charge in [0, 0.05) is 17.3 Å². The second-order valence-corrected chi connectivity index (χ2v) is 4.52. The molecule has 1 amide bonds. The molecule has 0 radical (unpaired) electrons. The maximum atomic E-state index is 11.8. The average Bonchev–Trinajstić information content (AvgIpc) is 2.34. The van der Waals surface area contributed by atoms with Crippen LogP contribution in [0.5, 0.6) is 11.5 Å². The number of carbonyl (C=O) groups excluding carboxylic acids is 1. The molecule has 0 aromatic heterocycles. The number of phenolic OH excluding ortho intramolecular Hbond substituents is 2. The largest absolute Gasteiger partial charge is 0.508 e. The minimum atomic E-state index is -0.309. The number of amides is 1. The fraction of sp³-hybridized carbons (Fsp3) is 0. The molecule has 0 saturated heterocycles. The van der Waals surface area contributed by atoms with Gasteiger partial charge in [0.05, 0.1) is 4.47 Å². The van der Waals surface area contributed by atoms with E-state index in [1.54, 1.807) is 12.1 Å². The Morgan fingerprint density at radius 1 is 1.06 bits per heavy atom. The number of benzene rings is 2. The number of carbonyl (C=O) groups is 1. The number of hydrogen-bond acceptors (Lipinski definition) is 3. The SMILES string of the molecule is O=C(Nc1ccc(Br)c(O)c1)c1ccc(O)cc1. The molecule has 5 heteroatoms. The zero-order valence-electron chi connectivity index (χ0n) is 9.22. The van der Waals surface area contributed by atoms with E-state index in [0.717, 1.165) is 0 Å². The van der Waals surface area contributed by atoms with Crippen molar-refractivity contribution in [3.05, 3.63) is 52.5 Å². The van der Waals surface area contributed by atoms with Gasteiger partial charge < -0.3 is 15.5 Å². The van der Waals surface area contributed by atoms with Crippen molar-refractivity contribution in [2.75, 3.05) is 5.32 Å². The summed E-state index contributed by atoms with van der Waals surface area (Å²) in [6.07, 6.45) is 0. The van der Waals surface area contributed by atoms with Crippen molar-refractivity contribution in [3.63, 3.8) is 0 Å². The molecule has 92 valence electrons. The highest BCUT2D eigenvalue weighted by molar-refractivity contribution is 9.10. The van der Waals surface area contributed by atoms with Crippen LogP contribution in [0.25, 0.3) is 0 Å². The molecule has 0 aliphatic heterocycles. The molecule has 0 aliphatic carbocycles. The quantitative estimate of drug-likeness (QED) is 0.798. The third-order valence-corrected chi connectivity index (χ3v) is 3.00. The zero-order valence-corrected chi connectivity index (χ0v) is 10.8. The average molecular weight is 308 g/mol. The van der Waals surface area contributed by atoms with Crippen LogP contribution in [-0.4, -0.2) is 16.1 Å². The van der Waals surface area contributed by atoms with Gasteiger partial charge in [-0.1, -0.05) is 0 Å². The molecule has 0 heterocycles. The lowest BCUT2D eigenvalue weighted by atomic mass is 10.2. The van der Waals surface area contributed by atoms with Crippen LogP contribution in [0.15, 0.2) is 46.9 Å². The number of rotatable bonds is 2. The van der Waals surface area contributed by atoms with E-state index in [1.807, 2.05) is 0 Å². The maximum absolute atomic E-state index is 11.8. The summed E-state index contributed by atoms with van der Waals surface area (Å²) < 4.78 is 0.560. The summed E-state index contributed by atoms with van der Waals surface area (Å²) in [5.74, 6) is -0.150. The molecule has 18 heavy (non-hydrogen) atoms. The van der Waals surface area contributed by atoms with E-state index >= 15 is 0 Å². The summed E-state index contributed by atoms with van der Waals surface area (Å²) in [7, 11) is 0. The normalized spacial score (nSPS) is 10.1. The lowest BCUT2D eigenvalue weighted by molar-refractivity contribution is 0.102. The highest BCUT2D eigenvalue weighted by Gasteiger charge is 2.07. The van der Waals surface area contributed by atoms with Crippen molar-refractivity contribution in [2.45, 2.75) is 0 Å². The first-order valence-corrected chi connectivity index (χ1v) is 5.94. The molecule has 2 aromatic carbocycles. The third kappa shape index (κ3) is 2.81. The van der Waals surface area contributed by atoms with Gasteiger partial charge in [-0.15, -0.1) is 0 Å². The number of halogens is 1. The Kier molecular flexibility index (Phi) is 3.53. The van der Waals surface area contributed by atoms with Gasteiger partial charge in [-0.25, -0.2) is 0 Å². The first-order valence-electron chi connectivity index (χ1n) is 5.15. The third-order valence-electron chi connectivity index (χ3n) is 2.33. The van der Waals surface area contributed by atoms with Crippen LogP contribution in [0.1, 0.15) is 10.4 Å². The van der Waals surface area contributed by atoms with Crippen molar-refractivity contribution in [2.24, 2.45) is 0 Å². The van der Waals surface area contributed by atoms with Crippen LogP contribution in [-0.2, 0) is 0 Å². The van der Waals surface area contributed by atoms with E-state index in [4.69, 9.17) is 5.11 Å². The van der Waals surface area contributed by atoms with Gasteiger partial charge in [-0.2, -0.15) is 0 Å². The Labute approximate surface area is 112 Å². The van der Waals surface area contributed by atoms with Crippen molar-refractivity contribution >= 4 is 27.5 Å². The second kappa shape index (κ2) is 5.10. The van der Waals surface area contributed by atoms with Gasteiger partial charge in [0.1, 0.15) is 11.5 Å². The molecular formula is C13H10BrNO3. The first-order chi connectivity index (χ1) is 8.56. The molecule has 0 saturated carbocycles. The van der Waals surface area contributed by atoms with E-state index in [0.29, 0.717) is 15.7 Å². The Balaban J connectivity index is 2.16. The Morgan fingerprint density at radius 2 is 1.72 bits per heavy atom. The molecule has 3 N–H and O–H groups in total. The molecular weight excluding hydrogens is 298 g/mol. The fourth-order valence-electron chi connectivity index (χ4n) is 1.41. The predicted molar refractivity (Wildman–Crippen MR) is 71.9 cm³/mol. The molecule has 0 unspecified atom stereocenters. The minimum absolute atomic E-state index is 0.0542.